The third-order valence-corrected chi connectivity index (χ3v) is 5.63. The number of amides is 1. The number of hydrogen-bond acceptors (Lipinski definition) is 8. The Morgan fingerprint density at radius 2 is 1.86 bits per heavy atom. The van der Waals surface area contributed by atoms with E-state index in [0.717, 1.165) is 16.9 Å². The molecule has 0 radical (unpaired) electrons. The largest absolute Gasteiger partial charge is 0.373 e. The first kappa shape index (κ1) is 23.8. The van der Waals surface area contributed by atoms with Crippen LogP contribution in [0.4, 0.5) is 23.1 Å². The van der Waals surface area contributed by atoms with Crippen LogP contribution in [-0.2, 0) is 10.3 Å². The lowest BCUT2D eigenvalue weighted by Gasteiger charge is -2.22. The fourth-order valence-electron chi connectivity index (χ4n) is 3.44. The predicted octanol–water partition coefficient (Wildman–Crippen LogP) is 4.13. The summed E-state index contributed by atoms with van der Waals surface area (Å²) in [5.41, 5.74) is 9.54. The minimum atomic E-state index is -0.604. The topological polar surface area (TPSA) is 133 Å². The van der Waals surface area contributed by atoms with E-state index < -0.39 is 5.60 Å². The van der Waals surface area contributed by atoms with Gasteiger partial charge < -0.3 is 21.1 Å². The predicted molar refractivity (Wildman–Crippen MR) is 135 cm³/mol. The quantitative estimate of drug-likeness (QED) is 0.366. The van der Waals surface area contributed by atoms with Crippen LogP contribution in [0.2, 0.25) is 0 Å². The lowest BCUT2D eigenvalue weighted by atomic mass is 10.0. The summed E-state index contributed by atoms with van der Waals surface area (Å²) in [5, 5.41) is 10.7. The zero-order valence-corrected chi connectivity index (χ0v) is 20.3. The van der Waals surface area contributed by atoms with E-state index in [1.165, 1.54) is 0 Å². The maximum atomic E-state index is 13.0. The van der Waals surface area contributed by atoms with Crippen LogP contribution in [0, 0.1) is 13.8 Å². The number of nitrogens with two attached hydrogens (primary N) is 1. The van der Waals surface area contributed by atoms with E-state index in [1.807, 2.05) is 52.0 Å². The summed E-state index contributed by atoms with van der Waals surface area (Å²) in [5.74, 6) is 1.18. The minimum absolute atomic E-state index is 0.176. The Hall–Kier alpha value is -4.31. The van der Waals surface area contributed by atoms with Gasteiger partial charge in [0.1, 0.15) is 11.4 Å². The Balaban J connectivity index is 1.57. The van der Waals surface area contributed by atoms with Crippen molar-refractivity contribution < 1.29 is 9.53 Å². The number of nitrogen functional groups attached to an aromatic ring is 1. The van der Waals surface area contributed by atoms with Gasteiger partial charge in [-0.2, -0.15) is 14.8 Å². The summed E-state index contributed by atoms with van der Waals surface area (Å²) in [6.45, 7) is 7.62. The van der Waals surface area contributed by atoms with Crippen molar-refractivity contribution in [2.75, 3.05) is 23.5 Å². The molecule has 180 valence electrons. The Kier molecular flexibility index (Phi) is 6.48. The maximum Gasteiger partial charge on any atom is 0.255 e. The molecule has 1 amide bonds. The Labute approximate surface area is 203 Å². The van der Waals surface area contributed by atoms with Crippen LogP contribution in [0.5, 0.6) is 0 Å². The molecule has 10 nitrogen and oxygen atoms in total. The number of aryl methyl sites for hydroxylation is 2. The van der Waals surface area contributed by atoms with Crippen LogP contribution >= 0.6 is 0 Å². The lowest BCUT2D eigenvalue weighted by Crippen LogP contribution is -2.22. The first-order valence-electron chi connectivity index (χ1n) is 11.0. The highest BCUT2D eigenvalue weighted by Gasteiger charge is 2.22. The van der Waals surface area contributed by atoms with Crippen LogP contribution in [0.15, 0.2) is 54.9 Å². The smallest absolute Gasteiger partial charge is 0.255 e. The molecule has 1 aromatic carbocycles. The SMILES string of the molecule is COC(C)(C)c1cc(C(=O)Nc2ccc(C)c(Nc3ccnn3-c3cc(C)nc(N)n3)c2)ccn1. The summed E-state index contributed by atoms with van der Waals surface area (Å²) in [6, 6.07) is 12.7. The number of methoxy groups -OCH3 is 1. The molecule has 4 aromatic rings. The van der Waals surface area contributed by atoms with E-state index in [9.17, 15) is 4.79 Å². The molecule has 4 N–H and O–H groups in total. The van der Waals surface area contributed by atoms with Crippen molar-refractivity contribution in [2.45, 2.75) is 33.3 Å². The van der Waals surface area contributed by atoms with E-state index >= 15 is 0 Å². The molecule has 0 spiro atoms. The Bertz CT molecular complexity index is 1360. The van der Waals surface area contributed by atoms with E-state index in [0.29, 0.717) is 28.6 Å². The number of pyridine rings is 1. The third kappa shape index (κ3) is 5.28. The fourth-order valence-corrected chi connectivity index (χ4v) is 3.44. The number of rotatable bonds is 7. The van der Waals surface area contributed by atoms with Crippen LogP contribution in [0.25, 0.3) is 5.82 Å². The maximum absolute atomic E-state index is 13.0. The van der Waals surface area contributed by atoms with Gasteiger partial charge >= 0.3 is 0 Å². The Morgan fingerprint density at radius 3 is 2.60 bits per heavy atom. The van der Waals surface area contributed by atoms with Crippen molar-refractivity contribution in [3.63, 3.8) is 0 Å². The molecule has 0 unspecified atom stereocenters. The van der Waals surface area contributed by atoms with Crippen molar-refractivity contribution >= 4 is 29.0 Å². The molecule has 35 heavy (non-hydrogen) atoms. The molecule has 0 aliphatic rings. The van der Waals surface area contributed by atoms with E-state index in [-0.39, 0.29) is 11.9 Å². The van der Waals surface area contributed by atoms with Crippen LogP contribution in [-0.4, -0.2) is 37.7 Å². The van der Waals surface area contributed by atoms with Gasteiger partial charge in [-0.05, 0) is 57.5 Å². The number of carbonyl (C=O) groups excluding carboxylic acids is 1. The van der Waals surface area contributed by atoms with Crippen molar-refractivity contribution in [2.24, 2.45) is 0 Å². The second-order valence-corrected chi connectivity index (χ2v) is 8.61. The van der Waals surface area contributed by atoms with Gasteiger partial charge in [0.25, 0.3) is 5.91 Å². The monoisotopic (exact) mass is 472 g/mol. The number of aromatic nitrogens is 5. The van der Waals surface area contributed by atoms with Gasteiger partial charge in [0.2, 0.25) is 5.95 Å². The van der Waals surface area contributed by atoms with Gasteiger partial charge in [-0.25, -0.2) is 4.98 Å². The Morgan fingerprint density at radius 1 is 1.06 bits per heavy atom. The molecule has 0 aliphatic heterocycles. The molecule has 0 saturated carbocycles. The molecule has 0 saturated heterocycles. The summed E-state index contributed by atoms with van der Waals surface area (Å²) in [7, 11) is 1.61. The summed E-state index contributed by atoms with van der Waals surface area (Å²) in [4.78, 5) is 25.7. The average Bonchev–Trinajstić information content (AvgIpc) is 3.29. The standard InChI is InChI=1S/C25H28N8O2/c1-15-6-7-18(30-23(34)17-8-10-27-20(13-17)25(3,4)35-5)14-19(15)31-21-9-11-28-33(21)22-12-16(2)29-24(26)32-22/h6-14,31H,1-5H3,(H,30,34)(H2,26,29,32). The van der Waals surface area contributed by atoms with Gasteiger partial charge in [-0.1, -0.05) is 6.07 Å². The highest BCUT2D eigenvalue weighted by atomic mass is 16.5. The molecule has 3 aromatic heterocycles. The van der Waals surface area contributed by atoms with Gasteiger partial charge in [-0.3, -0.25) is 9.78 Å². The molecular weight excluding hydrogens is 444 g/mol. The normalized spacial score (nSPS) is 11.3. The second-order valence-electron chi connectivity index (χ2n) is 8.61. The summed E-state index contributed by atoms with van der Waals surface area (Å²) in [6.07, 6.45) is 3.27. The number of nitrogens with zero attached hydrogens (tertiary/aromatic N) is 5. The van der Waals surface area contributed by atoms with E-state index in [2.05, 4.69) is 30.7 Å². The fraction of sp³-hybridized carbons (Fsp3) is 0.240. The van der Waals surface area contributed by atoms with Gasteiger partial charge in [0.15, 0.2) is 5.82 Å². The van der Waals surface area contributed by atoms with Crippen LogP contribution in [0.1, 0.15) is 41.2 Å². The first-order valence-corrected chi connectivity index (χ1v) is 11.0. The zero-order valence-electron chi connectivity index (χ0n) is 20.3. The lowest BCUT2D eigenvalue weighted by molar-refractivity contribution is 0.0154. The summed E-state index contributed by atoms with van der Waals surface area (Å²) >= 11 is 0. The molecule has 0 fully saturated rings. The molecule has 10 heteroatoms. The molecule has 0 bridgehead atoms. The van der Waals surface area contributed by atoms with E-state index in [4.69, 9.17) is 10.5 Å². The van der Waals surface area contributed by atoms with Crippen molar-refractivity contribution in [1.82, 2.24) is 24.7 Å². The molecular formula is C25H28N8O2. The average molecular weight is 473 g/mol. The van der Waals surface area contributed by atoms with Crippen LogP contribution in [0.3, 0.4) is 0 Å². The molecule has 3 heterocycles. The highest BCUT2D eigenvalue weighted by molar-refractivity contribution is 6.04. The van der Waals surface area contributed by atoms with Crippen molar-refractivity contribution in [3.05, 3.63) is 77.4 Å². The van der Waals surface area contributed by atoms with Gasteiger partial charge in [0.05, 0.1) is 11.9 Å². The van der Waals surface area contributed by atoms with Crippen molar-refractivity contribution in [3.8, 4) is 5.82 Å². The number of ether oxygens (including phenoxy) is 1. The number of benzene rings is 1. The zero-order chi connectivity index (χ0) is 25.2. The number of anilines is 4. The number of nitrogens with one attached hydrogen (secondary N) is 2. The summed E-state index contributed by atoms with van der Waals surface area (Å²) < 4.78 is 7.13. The first-order chi connectivity index (χ1) is 16.7. The minimum Gasteiger partial charge on any atom is -0.373 e. The third-order valence-electron chi connectivity index (χ3n) is 5.63. The molecule has 0 aliphatic carbocycles. The van der Waals surface area contributed by atoms with Crippen LogP contribution < -0.4 is 16.4 Å². The number of carbonyl (C=O) groups is 1. The highest BCUT2D eigenvalue weighted by Crippen LogP contribution is 2.27. The van der Waals surface area contributed by atoms with Gasteiger partial charge in [0, 0.05) is 48.1 Å². The molecule has 0 atom stereocenters. The van der Waals surface area contributed by atoms with E-state index in [1.54, 1.807) is 42.4 Å². The van der Waals surface area contributed by atoms with Crippen molar-refractivity contribution in [1.29, 1.82) is 0 Å². The second kappa shape index (κ2) is 9.51. The molecule has 4 rings (SSSR count). The van der Waals surface area contributed by atoms with Gasteiger partial charge in [-0.15, -0.1) is 0 Å². The number of hydrogen-bond donors (Lipinski definition) is 3.